The van der Waals surface area contributed by atoms with E-state index in [1.54, 1.807) is 18.5 Å². The van der Waals surface area contributed by atoms with E-state index in [0.717, 1.165) is 30.5 Å². The first-order valence-electron chi connectivity index (χ1n) is 7.35. The Morgan fingerprint density at radius 3 is 3.29 bits per heavy atom. The van der Waals surface area contributed by atoms with Gasteiger partial charge >= 0.3 is 0 Å². The van der Waals surface area contributed by atoms with Crippen molar-refractivity contribution >= 4 is 16.9 Å². The molecule has 6 nitrogen and oxygen atoms in total. The van der Waals surface area contributed by atoms with E-state index in [4.69, 9.17) is 10.5 Å². The molecule has 2 heterocycles. The average molecular weight is 286 g/mol. The average Bonchev–Trinajstić information content (AvgIpc) is 2.99. The van der Waals surface area contributed by atoms with Crippen LogP contribution in [0.2, 0.25) is 0 Å². The van der Waals surface area contributed by atoms with E-state index in [2.05, 4.69) is 15.3 Å². The number of ether oxygens (including phenoxy) is 1. The largest absolute Gasteiger partial charge is 0.376 e. The molecule has 1 aliphatic carbocycles. The van der Waals surface area contributed by atoms with Gasteiger partial charge < -0.3 is 20.8 Å². The number of rotatable bonds is 2. The second kappa shape index (κ2) is 4.82. The van der Waals surface area contributed by atoms with E-state index in [9.17, 15) is 4.79 Å². The molecule has 1 saturated carbocycles. The molecule has 4 N–H and O–H groups in total. The number of H-pyrrole nitrogens is 1. The number of carbonyl (C=O) groups excluding carboxylic acids is 1. The molecule has 21 heavy (non-hydrogen) atoms. The molecule has 2 fully saturated rings. The number of aromatic amines is 1. The first kappa shape index (κ1) is 12.8. The second-order valence-electron chi connectivity index (χ2n) is 5.85. The first-order chi connectivity index (χ1) is 10.2. The number of hydrogen-bond donors (Lipinski definition) is 3. The minimum Gasteiger partial charge on any atom is -0.376 e. The number of benzene rings is 1. The molecule has 1 aromatic heterocycles. The highest BCUT2D eigenvalue weighted by Crippen LogP contribution is 2.37. The third-order valence-corrected chi connectivity index (χ3v) is 4.66. The normalized spacial score (nSPS) is 31.5. The van der Waals surface area contributed by atoms with Crippen molar-refractivity contribution in [2.24, 2.45) is 11.7 Å². The zero-order chi connectivity index (χ0) is 14.4. The standard InChI is InChI=1S/C15H18N4O2/c16-12-9-2-1-5-21-14(9)13(12)19-15(20)8-3-4-10-11(6-8)18-7-17-10/h3-4,6-7,9,12-14H,1-2,5,16H2,(H,17,18)(H,19,20). The van der Waals surface area contributed by atoms with Gasteiger partial charge in [-0.1, -0.05) is 0 Å². The lowest BCUT2D eigenvalue weighted by atomic mass is 9.68. The minimum absolute atomic E-state index is 0.00450. The van der Waals surface area contributed by atoms with Gasteiger partial charge in [0.15, 0.2) is 0 Å². The lowest BCUT2D eigenvalue weighted by Gasteiger charge is -2.52. The highest BCUT2D eigenvalue weighted by Gasteiger charge is 2.51. The van der Waals surface area contributed by atoms with Gasteiger partial charge in [-0.3, -0.25) is 4.79 Å². The van der Waals surface area contributed by atoms with Crippen LogP contribution < -0.4 is 11.1 Å². The summed E-state index contributed by atoms with van der Waals surface area (Å²) in [5, 5.41) is 3.02. The van der Waals surface area contributed by atoms with Crippen LogP contribution in [-0.4, -0.2) is 40.7 Å². The van der Waals surface area contributed by atoms with Crippen molar-refractivity contribution in [3.63, 3.8) is 0 Å². The van der Waals surface area contributed by atoms with Crippen molar-refractivity contribution in [1.82, 2.24) is 15.3 Å². The highest BCUT2D eigenvalue weighted by molar-refractivity contribution is 5.97. The number of nitrogens with zero attached hydrogens (tertiary/aromatic N) is 1. The van der Waals surface area contributed by atoms with Gasteiger partial charge in [0, 0.05) is 24.1 Å². The van der Waals surface area contributed by atoms with Crippen LogP contribution >= 0.6 is 0 Å². The van der Waals surface area contributed by atoms with E-state index < -0.39 is 0 Å². The molecule has 4 atom stereocenters. The Balaban J connectivity index is 1.50. The van der Waals surface area contributed by atoms with Gasteiger partial charge in [-0.25, -0.2) is 4.98 Å². The summed E-state index contributed by atoms with van der Waals surface area (Å²) in [6.45, 7) is 0.764. The maximum absolute atomic E-state index is 12.4. The Kier molecular flexibility index (Phi) is 2.94. The number of carbonyl (C=O) groups is 1. The molecular weight excluding hydrogens is 268 g/mol. The summed E-state index contributed by atoms with van der Waals surface area (Å²) in [6, 6.07) is 5.33. The maximum atomic E-state index is 12.4. The fourth-order valence-corrected chi connectivity index (χ4v) is 3.44. The number of imidazole rings is 1. The van der Waals surface area contributed by atoms with Crippen LogP contribution in [0.5, 0.6) is 0 Å². The van der Waals surface area contributed by atoms with Crippen LogP contribution in [0.3, 0.4) is 0 Å². The van der Waals surface area contributed by atoms with Crippen molar-refractivity contribution in [2.45, 2.75) is 31.0 Å². The van der Waals surface area contributed by atoms with Crippen LogP contribution in [0.25, 0.3) is 11.0 Å². The molecule has 1 aliphatic heterocycles. The SMILES string of the molecule is NC1C2CCCOC2C1NC(=O)c1ccc2nc[nH]c2c1. The zero-order valence-corrected chi connectivity index (χ0v) is 11.6. The fraction of sp³-hybridized carbons (Fsp3) is 0.467. The van der Waals surface area contributed by atoms with Gasteiger partial charge in [-0.05, 0) is 31.0 Å². The summed E-state index contributed by atoms with van der Waals surface area (Å²) in [7, 11) is 0. The third kappa shape index (κ3) is 2.02. The molecule has 2 aromatic rings. The Labute approximate surface area is 122 Å². The van der Waals surface area contributed by atoms with Crippen LogP contribution in [0.1, 0.15) is 23.2 Å². The number of amides is 1. The Morgan fingerprint density at radius 1 is 1.48 bits per heavy atom. The van der Waals surface area contributed by atoms with E-state index in [1.165, 1.54) is 0 Å². The maximum Gasteiger partial charge on any atom is 0.251 e. The quantitative estimate of drug-likeness (QED) is 0.761. The Hall–Kier alpha value is -1.92. The minimum atomic E-state index is -0.112. The molecule has 0 radical (unpaired) electrons. The van der Waals surface area contributed by atoms with Gasteiger partial charge in [0.2, 0.25) is 0 Å². The van der Waals surface area contributed by atoms with Crippen LogP contribution in [-0.2, 0) is 4.74 Å². The predicted octanol–water partition coefficient (Wildman–Crippen LogP) is 0.797. The van der Waals surface area contributed by atoms with E-state index in [1.807, 2.05) is 6.07 Å². The molecule has 2 aliphatic rings. The van der Waals surface area contributed by atoms with Crippen LogP contribution in [0.4, 0.5) is 0 Å². The second-order valence-corrected chi connectivity index (χ2v) is 5.85. The van der Waals surface area contributed by atoms with Crippen LogP contribution in [0, 0.1) is 5.92 Å². The summed E-state index contributed by atoms with van der Waals surface area (Å²) in [6.07, 6.45) is 3.85. The smallest absolute Gasteiger partial charge is 0.251 e. The van der Waals surface area contributed by atoms with Gasteiger partial charge in [0.1, 0.15) is 0 Å². The summed E-state index contributed by atoms with van der Waals surface area (Å²) in [5.74, 6) is 0.277. The van der Waals surface area contributed by atoms with Crippen molar-refractivity contribution in [3.8, 4) is 0 Å². The summed E-state index contributed by atoms with van der Waals surface area (Å²) < 4.78 is 5.74. The van der Waals surface area contributed by atoms with Gasteiger partial charge in [0.25, 0.3) is 5.91 Å². The topological polar surface area (TPSA) is 93.0 Å². The monoisotopic (exact) mass is 286 g/mol. The number of hydrogen-bond acceptors (Lipinski definition) is 4. The molecule has 1 amide bonds. The lowest BCUT2D eigenvalue weighted by Crippen LogP contribution is -2.72. The third-order valence-electron chi connectivity index (χ3n) is 4.66. The van der Waals surface area contributed by atoms with E-state index >= 15 is 0 Å². The number of aromatic nitrogens is 2. The number of nitrogens with two attached hydrogens (primary N) is 1. The molecule has 6 heteroatoms. The van der Waals surface area contributed by atoms with Crippen LogP contribution in [0.15, 0.2) is 24.5 Å². The molecule has 4 rings (SSSR count). The first-order valence-corrected chi connectivity index (χ1v) is 7.35. The molecule has 1 saturated heterocycles. The molecule has 1 aromatic carbocycles. The molecule has 110 valence electrons. The Morgan fingerprint density at radius 2 is 2.38 bits per heavy atom. The van der Waals surface area contributed by atoms with Crippen molar-refractivity contribution in [1.29, 1.82) is 0 Å². The molecule has 0 spiro atoms. The lowest BCUT2D eigenvalue weighted by molar-refractivity contribution is -0.117. The number of fused-ring (bicyclic) bond motifs is 2. The van der Waals surface area contributed by atoms with Gasteiger partial charge in [-0.2, -0.15) is 0 Å². The summed E-state index contributed by atoms with van der Waals surface area (Å²) >= 11 is 0. The molecule has 4 unspecified atom stereocenters. The summed E-state index contributed by atoms with van der Waals surface area (Å²) in [4.78, 5) is 19.5. The molecule has 0 bridgehead atoms. The fourth-order valence-electron chi connectivity index (χ4n) is 3.44. The van der Waals surface area contributed by atoms with Crippen molar-refractivity contribution < 1.29 is 9.53 Å². The van der Waals surface area contributed by atoms with Gasteiger partial charge in [0.05, 0.1) is 29.5 Å². The molecular formula is C15H18N4O2. The van der Waals surface area contributed by atoms with Crippen molar-refractivity contribution in [2.75, 3.05) is 6.61 Å². The highest BCUT2D eigenvalue weighted by atomic mass is 16.5. The van der Waals surface area contributed by atoms with E-state index in [0.29, 0.717) is 11.5 Å². The predicted molar refractivity (Wildman–Crippen MR) is 77.8 cm³/mol. The number of nitrogens with one attached hydrogen (secondary N) is 2. The van der Waals surface area contributed by atoms with E-state index in [-0.39, 0.29) is 24.1 Å². The van der Waals surface area contributed by atoms with Crippen molar-refractivity contribution in [3.05, 3.63) is 30.1 Å². The Bertz CT molecular complexity index is 683. The zero-order valence-electron chi connectivity index (χ0n) is 11.6. The van der Waals surface area contributed by atoms with Gasteiger partial charge in [-0.15, -0.1) is 0 Å². The summed E-state index contributed by atoms with van der Waals surface area (Å²) in [5.41, 5.74) is 8.48.